The number of carbonyl (C=O) groups is 1. The molecule has 0 aromatic rings. The highest BCUT2D eigenvalue weighted by Gasteiger charge is 2.23. The summed E-state index contributed by atoms with van der Waals surface area (Å²) >= 11 is 0. The van der Waals surface area contributed by atoms with Gasteiger partial charge in [-0.2, -0.15) is 0 Å². The van der Waals surface area contributed by atoms with Gasteiger partial charge in [0.1, 0.15) is 5.60 Å². The first kappa shape index (κ1) is 12.3. The molecule has 86 valence electrons. The summed E-state index contributed by atoms with van der Waals surface area (Å²) < 4.78 is 5.38. The maximum absolute atomic E-state index is 11.8. The largest absolute Gasteiger partial charge is 0.460 e. The molecule has 1 atom stereocenters. The van der Waals surface area contributed by atoms with Crippen molar-refractivity contribution in [3.8, 4) is 0 Å². The van der Waals surface area contributed by atoms with E-state index < -0.39 is 0 Å². The molecule has 0 amide bonds. The van der Waals surface area contributed by atoms with E-state index >= 15 is 0 Å². The highest BCUT2D eigenvalue weighted by Crippen LogP contribution is 2.20. The molecule has 0 bridgehead atoms. The van der Waals surface area contributed by atoms with Gasteiger partial charge < -0.3 is 4.74 Å². The molecule has 0 aliphatic heterocycles. The average Bonchev–Trinajstić information content (AvgIpc) is 1.98. The minimum Gasteiger partial charge on any atom is -0.460 e. The van der Waals surface area contributed by atoms with Gasteiger partial charge in [-0.05, 0) is 40.0 Å². The van der Waals surface area contributed by atoms with E-state index in [4.69, 9.17) is 4.74 Å². The van der Waals surface area contributed by atoms with Crippen molar-refractivity contribution < 1.29 is 9.53 Å². The third kappa shape index (κ3) is 5.01. The number of hydrogen-bond donors (Lipinski definition) is 0. The lowest BCUT2D eigenvalue weighted by Gasteiger charge is -2.23. The molecule has 0 heterocycles. The summed E-state index contributed by atoms with van der Waals surface area (Å²) in [6, 6.07) is 0. The molecule has 0 saturated heterocycles. The maximum atomic E-state index is 11.8. The predicted octanol–water partition coefficient (Wildman–Crippen LogP) is 3.46. The van der Waals surface area contributed by atoms with Crippen LogP contribution < -0.4 is 0 Å². The Kier molecular flexibility index (Phi) is 4.37. The molecule has 2 heteroatoms. The van der Waals surface area contributed by atoms with Gasteiger partial charge in [0.25, 0.3) is 0 Å². The number of allylic oxidation sites excluding steroid dienone is 1. The van der Waals surface area contributed by atoms with Crippen molar-refractivity contribution in [1.82, 2.24) is 0 Å². The maximum Gasteiger partial charge on any atom is 0.313 e. The van der Waals surface area contributed by atoms with E-state index in [1.807, 2.05) is 26.8 Å². The fraction of sp³-hybridized carbons (Fsp3) is 0.769. The summed E-state index contributed by atoms with van der Waals surface area (Å²) in [6.07, 6.45) is 9.78. The first-order valence-corrected chi connectivity index (χ1v) is 5.88. The zero-order valence-corrected chi connectivity index (χ0v) is 10.1. The van der Waals surface area contributed by atoms with E-state index in [-0.39, 0.29) is 17.5 Å². The zero-order chi connectivity index (χ0) is 11.3. The van der Waals surface area contributed by atoms with Crippen LogP contribution >= 0.6 is 0 Å². The van der Waals surface area contributed by atoms with Gasteiger partial charge in [-0.3, -0.25) is 4.79 Å². The molecule has 0 fully saturated rings. The van der Waals surface area contributed by atoms with Crippen LogP contribution in [-0.4, -0.2) is 11.6 Å². The molecule has 1 unspecified atom stereocenters. The van der Waals surface area contributed by atoms with Crippen LogP contribution in [0.25, 0.3) is 0 Å². The van der Waals surface area contributed by atoms with Crippen molar-refractivity contribution in [2.24, 2.45) is 5.92 Å². The standard InChI is InChI=1S/C13H22O2/c1-13(2,3)15-12(14)11-9-7-5-4-6-8-10-11/h7,9,11H,4-6,8,10H2,1-3H3. The van der Waals surface area contributed by atoms with Crippen LogP contribution in [-0.2, 0) is 9.53 Å². The lowest BCUT2D eigenvalue weighted by atomic mass is 9.96. The van der Waals surface area contributed by atoms with Gasteiger partial charge in [0.05, 0.1) is 5.92 Å². The third-order valence-electron chi connectivity index (χ3n) is 2.46. The van der Waals surface area contributed by atoms with Gasteiger partial charge in [-0.25, -0.2) is 0 Å². The number of hydrogen-bond acceptors (Lipinski definition) is 2. The minimum absolute atomic E-state index is 0.0236. The van der Waals surface area contributed by atoms with Crippen molar-refractivity contribution in [3.05, 3.63) is 12.2 Å². The highest BCUT2D eigenvalue weighted by molar-refractivity contribution is 5.74. The van der Waals surface area contributed by atoms with E-state index in [2.05, 4.69) is 6.08 Å². The Balaban J connectivity index is 2.52. The summed E-state index contributed by atoms with van der Waals surface area (Å²) in [5.74, 6) is -0.0924. The quantitative estimate of drug-likeness (QED) is 0.489. The van der Waals surface area contributed by atoms with Crippen LogP contribution in [0, 0.1) is 5.92 Å². The molecule has 1 aliphatic carbocycles. The van der Waals surface area contributed by atoms with E-state index in [0.717, 1.165) is 19.3 Å². The Morgan fingerprint density at radius 3 is 2.67 bits per heavy atom. The van der Waals surface area contributed by atoms with Gasteiger partial charge in [0, 0.05) is 0 Å². The second-order valence-corrected chi connectivity index (χ2v) is 5.21. The van der Waals surface area contributed by atoms with Crippen LogP contribution in [0.1, 0.15) is 52.9 Å². The van der Waals surface area contributed by atoms with E-state index in [0.29, 0.717) is 0 Å². The topological polar surface area (TPSA) is 26.3 Å². The monoisotopic (exact) mass is 210 g/mol. The Morgan fingerprint density at radius 2 is 2.00 bits per heavy atom. The molecule has 0 saturated carbocycles. The van der Waals surface area contributed by atoms with Crippen molar-refractivity contribution in [2.75, 3.05) is 0 Å². The van der Waals surface area contributed by atoms with Crippen molar-refractivity contribution in [3.63, 3.8) is 0 Å². The fourth-order valence-electron chi connectivity index (χ4n) is 1.73. The Hall–Kier alpha value is -0.790. The molecular weight excluding hydrogens is 188 g/mol. The summed E-state index contributed by atoms with van der Waals surface area (Å²) in [5, 5.41) is 0. The van der Waals surface area contributed by atoms with E-state index in [1.165, 1.54) is 12.8 Å². The van der Waals surface area contributed by atoms with Crippen molar-refractivity contribution in [1.29, 1.82) is 0 Å². The molecule has 0 radical (unpaired) electrons. The smallest absolute Gasteiger partial charge is 0.313 e. The van der Waals surface area contributed by atoms with Crippen LogP contribution in [0.2, 0.25) is 0 Å². The molecular formula is C13H22O2. The number of carbonyl (C=O) groups excluding carboxylic acids is 1. The Labute approximate surface area is 92.7 Å². The van der Waals surface area contributed by atoms with Crippen molar-refractivity contribution >= 4 is 5.97 Å². The van der Waals surface area contributed by atoms with Crippen LogP contribution in [0.3, 0.4) is 0 Å². The summed E-state index contributed by atoms with van der Waals surface area (Å²) in [4.78, 5) is 11.8. The number of rotatable bonds is 1. The van der Waals surface area contributed by atoms with Gasteiger partial charge in [0.15, 0.2) is 0 Å². The second kappa shape index (κ2) is 5.34. The zero-order valence-electron chi connectivity index (χ0n) is 10.1. The molecule has 15 heavy (non-hydrogen) atoms. The summed E-state index contributed by atoms with van der Waals surface area (Å²) in [5.41, 5.74) is -0.368. The van der Waals surface area contributed by atoms with Gasteiger partial charge in [-0.15, -0.1) is 0 Å². The fourth-order valence-corrected chi connectivity index (χ4v) is 1.73. The summed E-state index contributed by atoms with van der Waals surface area (Å²) in [7, 11) is 0. The molecule has 0 N–H and O–H groups in total. The van der Waals surface area contributed by atoms with Crippen LogP contribution in [0.5, 0.6) is 0 Å². The number of ether oxygens (including phenoxy) is 1. The average molecular weight is 210 g/mol. The Morgan fingerprint density at radius 1 is 1.27 bits per heavy atom. The molecule has 1 rings (SSSR count). The highest BCUT2D eigenvalue weighted by atomic mass is 16.6. The first-order valence-electron chi connectivity index (χ1n) is 5.88. The SMILES string of the molecule is CC(C)(C)OC(=O)C1C=CCCCCC1. The molecule has 0 aromatic carbocycles. The Bertz CT molecular complexity index is 235. The lowest BCUT2D eigenvalue weighted by molar-refractivity contribution is -0.158. The number of esters is 1. The minimum atomic E-state index is -0.368. The van der Waals surface area contributed by atoms with Crippen LogP contribution in [0.15, 0.2) is 12.2 Å². The van der Waals surface area contributed by atoms with Crippen molar-refractivity contribution in [2.45, 2.75) is 58.5 Å². The van der Waals surface area contributed by atoms with E-state index in [1.54, 1.807) is 0 Å². The third-order valence-corrected chi connectivity index (χ3v) is 2.46. The molecule has 1 aliphatic rings. The summed E-state index contributed by atoms with van der Waals surface area (Å²) in [6.45, 7) is 5.74. The first-order chi connectivity index (χ1) is 6.99. The molecule has 0 spiro atoms. The molecule has 2 nitrogen and oxygen atoms in total. The predicted molar refractivity (Wildman–Crippen MR) is 61.6 cm³/mol. The van der Waals surface area contributed by atoms with E-state index in [9.17, 15) is 4.79 Å². The lowest BCUT2D eigenvalue weighted by Crippen LogP contribution is -2.28. The van der Waals surface area contributed by atoms with Crippen LogP contribution in [0.4, 0.5) is 0 Å². The second-order valence-electron chi connectivity index (χ2n) is 5.21. The molecule has 0 aromatic heterocycles. The normalized spacial score (nSPS) is 23.0. The van der Waals surface area contributed by atoms with Gasteiger partial charge in [-0.1, -0.05) is 25.0 Å². The van der Waals surface area contributed by atoms with Gasteiger partial charge >= 0.3 is 5.97 Å². The van der Waals surface area contributed by atoms with Gasteiger partial charge in [0.2, 0.25) is 0 Å².